The maximum Gasteiger partial charge on any atom is 0.485 e. The van der Waals surface area contributed by atoms with Gasteiger partial charge in [0.25, 0.3) is 0 Å². The highest BCUT2D eigenvalue weighted by atomic mass is 32.2. The van der Waals surface area contributed by atoms with Gasteiger partial charge in [-0.3, -0.25) is 4.79 Å². The first-order chi connectivity index (χ1) is 12.1. The zero-order chi connectivity index (χ0) is 19.4. The molecule has 0 radical (unpaired) electrons. The SMILES string of the molecule is O=C(CC1CCC[SH+]1)c1cccc2ccccc12.O=S(=O)([O-])C(F)(F)F. The molecule has 1 heterocycles. The molecule has 0 aromatic heterocycles. The third-order valence-electron chi connectivity index (χ3n) is 3.88. The van der Waals surface area contributed by atoms with E-state index in [0.29, 0.717) is 11.0 Å². The van der Waals surface area contributed by atoms with Gasteiger partial charge in [0, 0.05) is 5.56 Å². The summed E-state index contributed by atoms with van der Waals surface area (Å²) in [6.07, 6.45) is 3.22. The van der Waals surface area contributed by atoms with Crippen LogP contribution in [0.25, 0.3) is 10.8 Å². The van der Waals surface area contributed by atoms with Crippen LogP contribution in [0.5, 0.6) is 0 Å². The second-order valence-electron chi connectivity index (χ2n) is 5.76. The van der Waals surface area contributed by atoms with Crippen LogP contribution in [0, 0.1) is 0 Å². The lowest BCUT2D eigenvalue weighted by molar-refractivity contribution is -0.0517. The second kappa shape index (κ2) is 8.41. The van der Waals surface area contributed by atoms with Crippen LogP contribution >= 0.6 is 0 Å². The van der Waals surface area contributed by atoms with Gasteiger partial charge < -0.3 is 4.55 Å². The molecule has 26 heavy (non-hydrogen) atoms. The number of fused-ring (bicyclic) bond motifs is 1. The Morgan fingerprint density at radius 3 is 2.35 bits per heavy atom. The van der Waals surface area contributed by atoms with Crippen LogP contribution in [0.4, 0.5) is 13.2 Å². The largest absolute Gasteiger partial charge is 0.741 e. The molecular weight excluding hydrogens is 389 g/mol. The first-order valence-electron chi connectivity index (χ1n) is 7.79. The van der Waals surface area contributed by atoms with Crippen LogP contribution in [0.2, 0.25) is 0 Å². The Labute approximate surface area is 153 Å². The predicted octanol–water partition coefficient (Wildman–Crippen LogP) is 3.44. The van der Waals surface area contributed by atoms with Crippen molar-refractivity contribution in [3.8, 4) is 0 Å². The van der Waals surface area contributed by atoms with E-state index in [4.69, 9.17) is 13.0 Å². The van der Waals surface area contributed by atoms with Crippen molar-refractivity contribution in [1.82, 2.24) is 0 Å². The number of carbonyl (C=O) groups excluding carboxylic acids is 1. The van der Waals surface area contributed by atoms with Gasteiger partial charge in [-0.05, 0) is 35.4 Å². The van der Waals surface area contributed by atoms with Crippen molar-refractivity contribution >= 4 is 38.4 Å². The molecule has 0 spiro atoms. The number of halogens is 3. The predicted molar refractivity (Wildman–Crippen MR) is 95.3 cm³/mol. The van der Waals surface area contributed by atoms with Crippen molar-refractivity contribution in [3.05, 3.63) is 48.0 Å². The van der Waals surface area contributed by atoms with Gasteiger partial charge in [-0.1, -0.05) is 42.5 Å². The molecule has 0 N–H and O–H groups in total. The van der Waals surface area contributed by atoms with Gasteiger partial charge in [-0.2, -0.15) is 13.2 Å². The Morgan fingerprint density at radius 2 is 1.77 bits per heavy atom. The molecule has 2 aromatic rings. The number of thiol groups is 1. The molecule has 9 heteroatoms. The van der Waals surface area contributed by atoms with Gasteiger partial charge in [0.15, 0.2) is 15.9 Å². The average Bonchev–Trinajstić information content (AvgIpc) is 3.06. The molecule has 1 atom stereocenters. The van der Waals surface area contributed by atoms with Crippen LogP contribution in [-0.4, -0.2) is 35.3 Å². The summed E-state index contributed by atoms with van der Waals surface area (Å²) in [5.74, 6) is 1.58. The van der Waals surface area contributed by atoms with E-state index in [-0.39, 0.29) is 0 Å². The fourth-order valence-electron chi connectivity index (χ4n) is 2.65. The highest BCUT2D eigenvalue weighted by Crippen LogP contribution is 2.23. The lowest BCUT2D eigenvalue weighted by Gasteiger charge is -2.08. The molecule has 1 aliphatic heterocycles. The van der Waals surface area contributed by atoms with Crippen molar-refractivity contribution < 1.29 is 30.9 Å². The maximum atomic E-state index is 12.4. The molecule has 4 nitrogen and oxygen atoms in total. The summed E-state index contributed by atoms with van der Waals surface area (Å²) >= 11 is 1.47. The zero-order valence-corrected chi connectivity index (χ0v) is 15.3. The van der Waals surface area contributed by atoms with Crippen molar-refractivity contribution in [2.75, 3.05) is 5.75 Å². The fraction of sp³-hybridized carbons (Fsp3) is 0.353. The highest BCUT2D eigenvalue weighted by Gasteiger charge is 2.36. The molecule has 3 rings (SSSR count). The van der Waals surface area contributed by atoms with Crippen molar-refractivity contribution in [2.45, 2.75) is 30.0 Å². The standard InChI is InChI=1S/C16H16OS.CHF3O3S/c17-16(11-13-7-4-10-18-13)15-9-3-6-12-5-1-2-8-14(12)15;2-1(3,4)8(5,6)7/h1-3,5-6,8-9,13H,4,7,10-11H2;(H,5,6,7). The molecule has 2 aromatic carbocycles. The Kier molecular flexibility index (Phi) is 6.70. The topological polar surface area (TPSA) is 74.3 Å². The van der Waals surface area contributed by atoms with Crippen molar-refractivity contribution in [3.63, 3.8) is 0 Å². The molecular formula is C17H17F3O4S2. The summed E-state index contributed by atoms with van der Waals surface area (Å²) in [5, 5.41) is 2.85. The monoisotopic (exact) mass is 406 g/mol. The van der Waals surface area contributed by atoms with E-state index in [1.165, 1.54) is 30.4 Å². The molecule has 0 bridgehead atoms. The van der Waals surface area contributed by atoms with Gasteiger partial charge in [0.05, 0.1) is 6.42 Å². The van der Waals surface area contributed by atoms with E-state index < -0.39 is 15.6 Å². The van der Waals surface area contributed by atoms with Gasteiger partial charge in [-0.15, -0.1) is 0 Å². The van der Waals surface area contributed by atoms with E-state index in [1.807, 2.05) is 24.3 Å². The zero-order valence-electron chi connectivity index (χ0n) is 13.6. The lowest BCUT2D eigenvalue weighted by Crippen LogP contribution is -2.21. The van der Waals surface area contributed by atoms with E-state index >= 15 is 0 Å². The minimum Gasteiger partial charge on any atom is -0.741 e. The normalized spacial score (nSPS) is 17.6. The second-order valence-corrected chi connectivity index (χ2v) is 8.67. The van der Waals surface area contributed by atoms with Gasteiger partial charge in [0.1, 0.15) is 11.0 Å². The number of hydrogen-bond donors (Lipinski definition) is 0. The first kappa shape index (κ1) is 20.7. The Bertz CT molecular complexity index is 868. The number of hydrogen-bond acceptors (Lipinski definition) is 4. The fourth-order valence-corrected chi connectivity index (χ4v) is 4.04. The van der Waals surface area contributed by atoms with Gasteiger partial charge in [0.2, 0.25) is 0 Å². The number of benzene rings is 2. The summed E-state index contributed by atoms with van der Waals surface area (Å²) in [5.41, 5.74) is -4.75. The number of alkyl halides is 3. The molecule has 1 saturated heterocycles. The van der Waals surface area contributed by atoms with Crippen LogP contribution in [-0.2, 0) is 21.9 Å². The Morgan fingerprint density at radius 1 is 1.15 bits per heavy atom. The molecule has 0 saturated carbocycles. The van der Waals surface area contributed by atoms with Crippen LogP contribution in [0.3, 0.4) is 0 Å². The van der Waals surface area contributed by atoms with E-state index in [0.717, 1.165) is 22.8 Å². The average molecular weight is 406 g/mol. The summed E-state index contributed by atoms with van der Waals surface area (Å²) in [6, 6.07) is 14.2. The molecule has 0 aliphatic carbocycles. The van der Waals surface area contributed by atoms with Crippen molar-refractivity contribution in [2.24, 2.45) is 0 Å². The van der Waals surface area contributed by atoms with Gasteiger partial charge in [-0.25, -0.2) is 8.42 Å². The van der Waals surface area contributed by atoms with Crippen LogP contribution in [0.15, 0.2) is 42.5 Å². The van der Waals surface area contributed by atoms with E-state index in [9.17, 15) is 18.0 Å². The number of ketones is 1. The minimum atomic E-state index is -6.09. The summed E-state index contributed by atoms with van der Waals surface area (Å²) in [7, 11) is -6.09. The molecule has 0 amide bonds. The quantitative estimate of drug-likeness (QED) is 0.257. The van der Waals surface area contributed by atoms with Crippen LogP contribution in [0.1, 0.15) is 29.6 Å². The first-order valence-corrected chi connectivity index (χ1v) is 10.3. The Balaban J connectivity index is 0.000000260. The van der Waals surface area contributed by atoms with E-state index in [2.05, 4.69) is 18.2 Å². The molecule has 142 valence electrons. The lowest BCUT2D eigenvalue weighted by atomic mass is 9.98. The van der Waals surface area contributed by atoms with Crippen LogP contribution < -0.4 is 0 Å². The summed E-state index contributed by atoms with van der Waals surface area (Å²) < 4.78 is 58.9. The summed E-state index contributed by atoms with van der Waals surface area (Å²) in [6.45, 7) is 0. The number of carbonyl (C=O) groups is 1. The third-order valence-corrected chi connectivity index (χ3v) is 5.98. The molecule has 1 unspecified atom stereocenters. The van der Waals surface area contributed by atoms with E-state index in [1.54, 1.807) is 0 Å². The Hall–Kier alpha value is -1.58. The number of rotatable bonds is 3. The molecule has 1 fully saturated rings. The smallest absolute Gasteiger partial charge is 0.485 e. The third kappa shape index (κ3) is 5.46. The summed E-state index contributed by atoms with van der Waals surface area (Å²) in [4.78, 5) is 12.4. The van der Waals surface area contributed by atoms with Crippen molar-refractivity contribution in [1.29, 1.82) is 0 Å². The highest BCUT2D eigenvalue weighted by molar-refractivity contribution is 7.86. The molecule has 1 aliphatic rings. The maximum absolute atomic E-state index is 12.4. The minimum absolute atomic E-state index is 0.311. The van der Waals surface area contributed by atoms with Gasteiger partial charge >= 0.3 is 5.51 Å². The number of Topliss-reactive ketones (excluding diaryl/α,β-unsaturated/α-hetero) is 1.